The van der Waals surface area contributed by atoms with Crippen molar-refractivity contribution in [3.8, 4) is 5.75 Å². The van der Waals surface area contributed by atoms with E-state index in [-0.39, 0.29) is 12.3 Å². The molecule has 0 atom stereocenters. The van der Waals surface area contributed by atoms with Crippen LogP contribution in [0.5, 0.6) is 5.75 Å². The summed E-state index contributed by atoms with van der Waals surface area (Å²) in [6, 6.07) is 10.5. The SMILES string of the molecule is CC(C)(C)OC(=O)COc1cccc(C=CCn2cccc2C(=O)O)c1. The van der Waals surface area contributed by atoms with Crippen LogP contribution < -0.4 is 4.74 Å². The lowest BCUT2D eigenvalue weighted by Crippen LogP contribution is -2.27. The zero-order valence-corrected chi connectivity index (χ0v) is 15.1. The first-order valence-electron chi connectivity index (χ1n) is 8.24. The van der Waals surface area contributed by atoms with Crippen LogP contribution >= 0.6 is 0 Å². The van der Waals surface area contributed by atoms with Crippen LogP contribution in [-0.2, 0) is 16.1 Å². The molecule has 1 aromatic carbocycles. The third-order valence-electron chi connectivity index (χ3n) is 3.30. The van der Waals surface area contributed by atoms with Crippen LogP contribution in [0, 0.1) is 0 Å². The van der Waals surface area contributed by atoms with Gasteiger partial charge in [-0.25, -0.2) is 9.59 Å². The third kappa shape index (κ3) is 6.12. The summed E-state index contributed by atoms with van der Waals surface area (Å²) in [5.41, 5.74) is 0.581. The maximum absolute atomic E-state index is 11.7. The van der Waals surface area contributed by atoms with Gasteiger partial charge >= 0.3 is 11.9 Å². The number of hydrogen-bond donors (Lipinski definition) is 1. The molecule has 0 radical (unpaired) electrons. The van der Waals surface area contributed by atoms with Gasteiger partial charge < -0.3 is 19.1 Å². The van der Waals surface area contributed by atoms with E-state index in [2.05, 4.69) is 0 Å². The first-order valence-corrected chi connectivity index (χ1v) is 8.24. The molecule has 0 aliphatic heterocycles. The number of benzene rings is 1. The Bertz CT molecular complexity index is 799. The van der Waals surface area contributed by atoms with Crippen LogP contribution in [0.25, 0.3) is 6.08 Å². The fourth-order valence-electron chi connectivity index (χ4n) is 2.29. The van der Waals surface area contributed by atoms with E-state index in [0.717, 1.165) is 5.56 Å². The second-order valence-electron chi connectivity index (χ2n) is 6.70. The van der Waals surface area contributed by atoms with Crippen LogP contribution in [0.3, 0.4) is 0 Å². The van der Waals surface area contributed by atoms with Crippen LogP contribution in [-0.4, -0.2) is 33.8 Å². The largest absolute Gasteiger partial charge is 0.482 e. The Morgan fingerprint density at radius 1 is 1.19 bits per heavy atom. The van der Waals surface area contributed by atoms with Gasteiger partial charge in [0, 0.05) is 12.7 Å². The van der Waals surface area contributed by atoms with E-state index in [0.29, 0.717) is 12.3 Å². The van der Waals surface area contributed by atoms with Crippen molar-refractivity contribution in [3.63, 3.8) is 0 Å². The lowest BCUT2D eigenvalue weighted by atomic mass is 10.2. The van der Waals surface area contributed by atoms with Crippen molar-refractivity contribution < 1.29 is 24.2 Å². The predicted octanol–water partition coefficient (Wildman–Crippen LogP) is 3.62. The Kier molecular flexibility index (Phi) is 6.22. The Labute approximate surface area is 152 Å². The standard InChI is InChI=1S/C20H23NO5/c1-20(2,3)26-18(22)14-25-16-9-4-7-15(13-16)8-5-11-21-12-6-10-17(21)19(23)24/h4-10,12-13H,11,14H2,1-3H3,(H,23,24). The third-order valence-corrected chi connectivity index (χ3v) is 3.30. The maximum atomic E-state index is 11.7. The van der Waals surface area contributed by atoms with Crippen LogP contribution in [0.4, 0.5) is 0 Å². The van der Waals surface area contributed by atoms with Gasteiger partial charge in [-0.2, -0.15) is 0 Å². The first kappa shape index (κ1) is 19.3. The van der Waals surface area contributed by atoms with Gasteiger partial charge in [0.25, 0.3) is 0 Å². The van der Waals surface area contributed by atoms with Crippen LogP contribution in [0.1, 0.15) is 36.8 Å². The smallest absolute Gasteiger partial charge is 0.352 e. The molecule has 6 heteroatoms. The number of nitrogens with zero attached hydrogens (tertiary/aromatic N) is 1. The quantitative estimate of drug-likeness (QED) is 0.766. The van der Waals surface area contributed by atoms with Crippen molar-refractivity contribution in [3.05, 3.63) is 59.9 Å². The average molecular weight is 357 g/mol. The molecule has 0 saturated carbocycles. The van der Waals surface area contributed by atoms with Gasteiger partial charge in [-0.15, -0.1) is 0 Å². The molecule has 0 unspecified atom stereocenters. The Hall–Kier alpha value is -3.02. The predicted molar refractivity (Wildman–Crippen MR) is 98.2 cm³/mol. The molecular weight excluding hydrogens is 334 g/mol. The number of carboxylic acid groups (broad SMARTS) is 1. The summed E-state index contributed by atoms with van der Waals surface area (Å²) in [6.45, 7) is 5.69. The summed E-state index contributed by atoms with van der Waals surface area (Å²) in [5, 5.41) is 9.08. The second-order valence-corrected chi connectivity index (χ2v) is 6.70. The minimum Gasteiger partial charge on any atom is -0.482 e. The zero-order chi connectivity index (χ0) is 19.2. The molecule has 0 aliphatic carbocycles. The highest BCUT2D eigenvalue weighted by Gasteiger charge is 2.16. The molecule has 2 aromatic rings. The molecule has 1 N–H and O–H groups in total. The minimum atomic E-state index is -0.957. The second kappa shape index (κ2) is 8.38. The molecular formula is C20H23NO5. The number of esters is 1. The highest BCUT2D eigenvalue weighted by Crippen LogP contribution is 2.15. The average Bonchev–Trinajstić information content (AvgIpc) is 3.00. The van der Waals surface area contributed by atoms with Gasteiger partial charge in [-0.3, -0.25) is 0 Å². The highest BCUT2D eigenvalue weighted by molar-refractivity contribution is 5.85. The fourth-order valence-corrected chi connectivity index (χ4v) is 2.29. The monoisotopic (exact) mass is 357 g/mol. The van der Waals surface area contributed by atoms with E-state index in [4.69, 9.17) is 14.6 Å². The van der Waals surface area contributed by atoms with Crippen LogP contribution in [0.15, 0.2) is 48.7 Å². The highest BCUT2D eigenvalue weighted by atomic mass is 16.6. The van der Waals surface area contributed by atoms with Gasteiger partial charge in [-0.05, 0) is 50.6 Å². The Morgan fingerprint density at radius 2 is 1.96 bits per heavy atom. The van der Waals surface area contributed by atoms with Crippen molar-refractivity contribution in [2.75, 3.05) is 6.61 Å². The summed E-state index contributed by atoms with van der Waals surface area (Å²) >= 11 is 0. The normalized spacial score (nSPS) is 11.5. The molecule has 0 aliphatic rings. The number of ether oxygens (including phenoxy) is 2. The molecule has 0 fully saturated rings. The van der Waals surface area contributed by atoms with Gasteiger partial charge in [0.1, 0.15) is 17.0 Å². The van der Waals surface area contributed by atoms with Gasteiger partial charge in [-0.1, -0.05) is 24.3 Å². The number of aromatic nitrogens is 1. The van der Waals surface area contributed by atoms with Crippen molar-refractivity contribution in [1.82, 2.24) is 4.57 Å². The molecule has 0 amide bonds. The minimum absolute atomic E-state index is 0.157. The molecule has 6 nitrogen and oxygen atoms in total. The van der Waals surface area contributed by atoms with E-state index in [9.17, 15) is 9.59 Å². The van der Waals surface area contributed by atoms with E-state index >= 15 is 0 Å². The first-order chi connectivity index (χ1) is 12.2. The molecule has 1 aromatic heterocycles. The van der Waals surface area contributed by atoms with Crippen molar-refractivity contribution >= 4 is 18.0 Å². The number of hydrogen-bond acceptors (Lipinski definition) is 4. The van der Waals surface area contributed by atoms with Crippen molar-refractivity contribution in [1.29, 1.82) is 0 Å². The summed E-state index contributed by atoms with van der Waals surface area (Å²) < 4.78 is 12.3. The molecule has 2 rings (SSSR count). The van der Waals surface area contributed by atoms with Crippen LogP contribution in [0.2, 0.25) is 0 Å². The lowest BCUT2D eigenvalue weighted by Gasteiger charge is -2.19. The molecule has 0 bridgehead atoms. The number of carbonyl (C=O) groups excluding carboxylic acids is 1. The van der Waals surface area contributed by atoms with Gasteiger partial charge in [0.2, 0.25) is 0 Å². The number of aromatic carboxylic acids is 1. The molecule has 0 saturated heterocycles. The molecule has 26 heavy (non-hydrogen) atoms. The molecule has 0 spiro atoms. The van der Waals surface area contributed by atoms with E-state index in [1.54, 1.807) is 55.8 Å². The summed E-state index contributed by atoms with van der Waals surface area (Å²) in [5.74, 6) is -0.821. The molecule has 138 valence electrons. The maximum Gasteiger partial charge on any atom is 0.352 e. The summed E-state index contributed by atoms with van der Waals surface area (Å²) in [6.07, 6.45) is 5.44. The number of carboxylic acids is 1. The van der Waals surface area contributed by atoms with Gasteiger partial charge in [0.15, 0.2) is 6.61 Å². The summed E-state index contributed by atoms with van der Waals surface area (Å²) in [4.78, 5) is 22.8. The Morgan fingerprint density at radius 3 is 2.65 bits per heavy atom. The Balaban J connectivity index is 1.93. The number of rotatable bonds is 7. The molecule has 1 heterocycles. The lowest BCUT2D eigenvalue weighted by molar-refractivity contribution is -0.157. The van der Waals surface area contributed by atoms with E-state index in [1.807, 2.05) is 24.3 Å². The summed E-state index contributed by atoms with van der Waals surface area (Å²) in [7, 11) is 0. The topological polar surface area (TPSA) is 77.8 Å². The number of allylic oxidation sites excluding steroid dienone is 1. The van der Waals surface area contributed by atoms with Crippen molar-refractivity contribution in [2.24, 2.45) is 0 Å². The van der Waals surface area contributed by atoms with Crippen molar-refractivity contribution in [2.45, 2.75) is 32.9 Å². The fraction of sp³-hybridized carbons (Fsp3) is 0.300. The van der Waals surface area contributed by atoms with Gasteiger partial charge in [0.05, 0.1) is 0 Å². The van der Waals surface area contributed by atoms with E-state index in [1.165, 1.54) is 0 Å². The number of carbonyl (C=O) groups is 2. The zero-order valence-electron chi connectivity index (χ0n) is 15.1. The van der Waals surface area contributed by atoms with E-state index < -0.39 is 17.5 Å².